The third-order valence-corrected chi connectivity index (χ3v) is 4.51. The average molecular weight is 506 g/mol. The lowest BCUT2D eigenvalue weighted by atomic mass is 10.1. The van der Waals surface area contributed by atoms with Crippen molar-refractivity contribution < 1.29 is 8.83 Å². The first-order valence-electron chi connectivity index (χ1n) is 9.11. The van der Waals surface area contributed by atoms with E-state index in [0.717, 1.165) is 28.1 Å². The van der Waals surface area contributed by atoms with Crippen molar-refractivity contribution in [2.75, 3.05) is 13.6 Å². The van der Waals surface area contributed by atoms with Gasteiger partial charge in [0.15, 0.2) is 11.7 Å². The molecule has 0 bridgehead atoms. The Balaban J connectivity index is 0.00000240. The normalized spacial score (nSPS) is 11.4. The first-order valence-corrected chi connectivity index (χ1v) is 9.11. The number of H-pyrrole nitrogens is 1. The Morgan fingerprint density at radius 3 is 2.79 bits per heavy atom. The van der Waals surface area contributed by atoms with E-state index in [2.05, 4.69) is 43.8 Å². The molecular formula is C20H23IN6O2. The van der Waals surface area contributed by atoms with Crippen molar-refractivity contribution in [3.05, 3.63) is 59.8 Å². The molecule has 0 amide bonds. The number of aromatic nitrogens is 3. The molecule has 9 heteroatoms. The summed E-state index contributed by atoms with van der Waals surface area (Å²) in [6.07, 6.45) is 2.28. The van der Waals surface area contributed by atoms with Crippen molar-refractivity contribution in [1.82, 2.24) is 25.8 Å². The van der Waals surface area contributed by atoms with Crippen LogP contribution in [0, 0.1) is 6.92 Å². The second kappa shape index (κ2) is 9.59. The van der Waals surface area contributed by atoms with E-state index >= 15 is 0 Å². The predicted molar refractivity (Wildman–Crippen MR) is 122 cm³/mol. The van der Waals surface area contributed by atoms with E-state index < -0.39 is 0 Å². The van der Waals surface area contributed by atoms with E-state index in [4.69, 9.17) is 8.83 Å². The number of guanidine groups is 1. The van der Waals surface area contributed by atoms with Crippen LogP contribution in [0.2, 0.25) is 0 Å². The van der Waals surface area contributed by atoms with Crippen LogP contribution in [0.5, 0.6) is 0 Å². The van der Waals surface area contributed by atoms with E-state index in [1.165, 1.54) is 0 Å². The molecule has 0 aliphatic heterocycles. The van der Waals surface area contributed by atoms with Crippen LogP contribution in [0.4, 0.5) is 0 Å². The van der Waals surface area contributed by atoms with Gasteiger partial charge < -0.3 is 19.5 Å². The molecule has 4 aromatic rings. The lowest BCUT2D eigenvalue weighted by Gasteiger charge is -2.10. The third-order valence-electron chi connectivity index (χ3n) is 4.51. The number of aromatic amines is 1. The monoisotopic (exact) mass is 506 g/mol. The maximum atomic E-state index is 5.93. The van der Waals surface area contributed by atoms with Crippen LogP contribution in [0.1, 0.15) is 17.1 Å². The number of benzene rings is 1. The molecule has 3 heterocycles. The van der Waals surface area contributed by atoms with Crippen LogP contribution in [0.25, 0.3) is 22.6 Å². The van der Waals surface area contributed by atoms with Gasteiger partial charge in [-0.2, -0.15) is 5.10 Å². The molecule has 8 nitrogen and oxygen atoms in total. The molecule has 3 N–H and O–H groups in total. The molecule has 0 atom stereocenters. The fourth-order valence-electron chi connectivity index (χ4n) is 3.00. The number of para-hydroxylation sites is 1. The van der Waals surface area contributed by atoms with Crippen LogP contribution in [0.3, 0.4) is 0 Å². The number of nitrogens with zero attached hydrogens (tertiary/aromatic N) is 3. The van der Waals surface area contributed by atoms with Gasteiger partial charge in [-0.05, 0) is 25.1 Å². The Labute approximate surface area is 185 Å². The van der Waals surface area contributed by atoms with E-state index in [1.807, 2.05) is 30.3 Å². The summed E-state index contributed by atoms with van der Waals surface area (Å²) in [6, 6.07) is 11.7. The fraction of sp³-hybridized carbons (Fsp3) is 0.250. The number of rotatable bonds is 6. The Morgan fingerprint density at radius 2 is 2.03 bits per heavy atom. The van der Waals surface area contributed by atoms with Crippen molar-refractivity contribution in [3.8, 4) is 11.6 Å². The minimum atomic E-state index is 0. The predicted octanol–water partition coefficient (Wildman–Crippen LogP) is 3.65. The Hall–Kier alpha value is -2.82. The quantitative estimate of drug-likeness (QED) is 0.210. The van der Waals surface area contributed by atoms with E-state index in [9.17, 15) is 0 Å². The standard InChI is InChI=1S/C20H22N6O2.HI/c1-13-14-6-3-4-7-15(14)28-17(13)12-23-20(21-2)22-10-9-18-24-19(26-25-18)16-8-5-11-27-16;/h3-8,11H,9-10,12H2,1-2H3,(H2,21,22,23)(H,24,25,26);1H. The van der Waals surface area contributed by atoms with Gasteiger partial charge in [0, 0.05) is 31.0 Å². The highest BCUT2D eigenvalue weighted by atomic mass is 127. The third kappa shape index (κ3) is 4.78. The molecule has 0 saturated heterocycles. The number of halogens is 1. The summed E-state index contributed by atoms with van der Waals surface area (Å²) in [4.78, 5) is 8.68. The second-order valence-corrected chi connectivity index (χ2v) is 6.33. The summed E-state index contributed by atoms with van der Waals surface area (Å²) < 4.78 is 11.2. The van der Waals surface area contributed by atoms with Gasteiger partial charge in [0.1, 0.15) is 17.2 Å². The van der Waals surface area contributed by atoms with Gasteiger partial charge in [-0.25, -0.2) is 4.98 Å². The molecule has 0 saturated carbocycles. The van der Waals surface area contributed by atoms with E-state index in [0.29, 0.717) is 37.1 Å². The van der Waals surface area contributed by atoms with Crippen molar-refractivity contribution in [2.24, 2.45) is 4.99 Å². The number of nitrogens with one attached hydrogen (secondary N) is 3. The number of aryl methyl sites for hydroxylation is 1. The average Bonchev–Trinajstić information content (AvgIpc) is 3.45. The molecule has 0 radical (unpaired) electrons. The molecule has 4 rings (SSSR count). The topological polar surface area (TPSA) is 104 Å². The minimum absolute atomic E-state index is 0. The zero-order valence-corrected chi connectivity index (χ0v) is 18.6. The van der Waals surface area contributed by atoms with Gasteiger partial charge >= 0.3 is 0 Å². The Kier molecular flexibility index (Phi) is 6.91. The first kappa shape index (κ1) is 20.9. The smallest absolute Gasteiger partial charge is 0.216 e. The van der Waals surface area contributed by atoms with Gasteiger partial charge in [-0.3, -0.25) is 10.1 Å². The minimum Gasteiger partial charge on any atom is -0.461 e. The van der Waals surface area contributed by atoms with Gasteiger partial charge in [0.2, 0.25) is 5.82 Å². The second-order valence-electron chi connectivity index (χ2n) is 6.33. The summed E-state index contributed by atoms with van der Waals surface area (Å²) in [5.74, 6) is 3.59. The molecule has 1 aromatic carbocycles. The van der Waals surface area contributed by atoms with E-state index in [-0.39, 0.29) is 24.0 Å². The zero-order valence-electron chi connectivity index (χ0n) is 16.2. The van der Waals surface area contributed by atoms with Crippen molar-refractivity contribution >= 4 is 40.9 Å². The number of hydrogen-bond acceptors (Lipinski definition) is 5. The first-order chi connectivity index (χ1) is 13.7. The van der Waals surface area contributed by atoms with Crippen LogP contribution in [-0.4, -0.2) is 34.7 Å². The van der Waals surface area contributed by atoms with Crippen molar-refractivity contribution in [3.63, 3.8) is 0 Å². The number of aliphatic imine (C=N–C) groups is 1. The van der Waals surface area contributed by atoms with Crippen molar-refractivity contribution in [1.29, 1.82) is 0 Å². The summed E-state index contributed by atoms with van der Waals surface area (Å²) in [5, 5.41) is 14.8. The molecular weight excluding hydrogens is 483 g/mol. The maximum Gasteiger partial charge on any atom is 0.216 e. The van der Waals surface area contributed by atoms with Gasteiger partial charge in [0.05, 0.1) is 12.8 Å². The summed E-state index contributed by atoms with van der Waals surface area (Å²) in [5.41, 5.74) is 2.04. The van der Waals surface area contributed by atoms with Gasteiger partial charge in [-0.1, -0.05) is 18.2 Å². The highest BCUT2D eigenvalue weighted by Gasteiger charge is 2.11. The van der Waals surface area contributed by atoms with E-state index in [1.54, 1.807) is 13.3 Å². The van der Waals surface area contributed by atoms with Crippen LogP contribution in [-0.2, 0) is 13.0 Å². The molecule has 0 unspecified atom stereocenters. The molecule has 29 heavy (non-hydrogen) atoms. The molecule has 0 fully saturated rings. The SMILES string of the molecule is CN=C(NCCc1nc(-c2ccco2)n[nH]1)NCc1oc2ccccc2c1C.I. The fourth-order valence-corrected chi connectivity index (χ4v) is 3.00. The number of fused-ring (bicyclic) bond motifs is 1. The lowest BCUT2D eigenvalue weighted by Crippen LogP contribution is -2.38. The van der Waals surface area contributed by atoms with Gasteiger partial charge in [-0.15, -0.1) is 24.0 Å². The molecule has 0 aliphatic rings. The maximum absolute atomic E-state index is 5.93. The lowest BCUT2D eigenvalue weighted by molar-refractivity contribution is 0.534. The highest BCUT2D eigenvalue weighted by molar-refractivity contribution is 14.0. The zero-order chi connectivity index (χ0) is 19.3. The molecule has 152 valence electrons. The summed E-state index contributed by atoms with van der Waals surface area (Å²) >= 11 is 0. The Bertz CT molecular complexity index is 1080. The number of hydrogen-bond donors (Lipinski definition) is 3. The number of furan rings is 2. The summed E-state index contributed by atoms with van der Waals surface area (Å²) in [6.45, 7) is 3.29. The van der Waals surface area contributed by atoms with Crippen LogP contribution >= 0.6 is 24.0 Å². The Morgan fingerprint density at radius 1 is 1.17 bits per heavy atom. The largest absolute Gasteiger partial charge is 0.461 e. The van der Waals surface area contributed by atoms with Crippen LogP contribution in [0.15, 0.2) is 56.5 Å². The van der Waals surface area contributed by atoms with Crippen molar-refractivity contribution in [2.45, 2.75) is 19.9 Å². The molecule has 0 aliphatic carbocycles. The van der Waals surface area contributed by atoms with Gasteiger partial charge in [0.25, 0.3) is 0 Å². The van der Waals surface area contributed by atoms with Crippen LogP contribution < -0.4 is 10.6 Å². The molecule has 3 aromatic heterocycles. The highest BCUT2D eigenvalue weighted by Crippen LogP contribution is 2.24. The summed E-state index contributed by atoms with van der Waals surface area (Å²) in [7, 11) is 1.74. The molecule has 0 spiro atoms.